The Morgan fingerprint density at radius 1 is 1.50 bits per heavy atom. The van der Waals surface area contributed by atoms with Crippen LogP contribution >= 0.6 is 15.9 Å². The van der Waals surface area contributed by atoms with Gasteiger partial charge in [0.2, 0.25) is 0 Å². The molecule has 0 fully saturated rings. The van der Waals surface area contributed by atoms with Gasteiger partial charge in [-0.2, -0.15) is 5.10 Å². The number of carbonyl (C=O) groups excluding carboxylic acids is 1. The van der Waals surface area contributed by atoms with Gasteiger partial charge in [0.05, 0.1) is 12.7 Å². The lowest BCUT2D eigenvalue weighted by Gasteiger charge is -2.22. The summed E-state index contributed by atoms with van der Waals surface area (Å²) in [5, 5.41) is 17.0. The van der Waals surface area contributed by atoms with Gasteiger partial charge < -0.3 is 10.4 Å². The third-order valence-corrected chi connectivity index (χ3v) is 3.35. The lowest BCUT2D eigenvalue weighted by atomic mass is 10.00. The molecule has 1 amide bonds. The van der Waals surface area contributed by atoms with E-state index in [4.69, 9.17) is 0 Å². The van der Waals surface area contributed by atoms with Gasteiger partial charge in [0, 0.05) is 29.5 Å². The molecule has 0 spiro atoms. The van der Waals surface area contributed by atoms with Crippen LogP contribution < -0.4 is 5.32 Å². The monoisotopic (exact) mass is 338 g/mol. The number of nitrogens with zero attached hydrogens (tertiary/aromatic N) is 3. The number of halogens is 1. The van der Waals surface area contributed by atoms with Crippen molar-refractivity contribution in [2.75, 3.05) is 6.54 Å². The average molecular weight is 339 g/mol. The van der Waals surface area contributed by atoms with Gasteiger partial charge in [-0.3, -0.25) is 9.48 Å². The molecular weight excluding hydrogens is 324 g/mol. The Morgan fingerprint density at radius 2 is 2.25 bits per heavy atom. The molecule has 20 heavy (non-hydrogen) atoms. The van der Waals surface area contributed by atoms with Gasteiger partial charge >= 0.3 is 0 Å². The molecule has 2 aromatic rings. The number of aryl methyl sites for hydroxylation is 1. The van der Waals surface area contributed by atoms with Crippen LogP contribution in [0.25, 0.3) is 0 Å². The second-order valence-corrected chi connectivity index (χ2v) is 5.64. The third kappa shape index (κ3) is 3.43. The minimum atomic E-state index is -1.18. The summed E-state index contributed by atoms with van der Waals surface area (Å²) in [6.07, 6.45) is 4.84. The van der Waals surface area contributed by atoms with Crippen molar-refractivity contribution in [3.8, 4) is 0 Å². The SMILES string of the molecule is Cn1cc(C(C)(O)CNC(=O)c2ccc(Br)cn2)cn1. The maximum absolute atomic E-state index is 11.9. The highest BCUT2D eigenvalue weighted by atomic mass is 79.9. The van der Waals surface area contributed by atoms with Gasteiger partial charge in [0.15, 0.2) is 0 Å². The zero-order valence-corrected chi connectivity index (χ0v) is 12.8. The molecule has 1 atom stereocenters. The number of nitrogens with one attached hydrogen (secondary N) is 1. The summed E-state index contributed by atoms with van der Waals surface area (Å²) in [7, 11) is 1.77. The molecule has 6 nitrogen and oxygen atoms in total. The van der Waals surface area contributed by atoms with E-state index in [1.165, 1.54) is 0 Å². The number of hydrogen-bond acceptors (Lipinski definition) is 4. The number of pyridine rings is 1. The first kappa shape index (κ1) is 14.7. The molecule has 0 aliphatic carbocycles. The second kappa shape index (κ2) is 5.72. The smallest absolute Gasteiger partial charge is 0.269 e. The molecule has 2 heterocycles. The van der Waals surface area contributed by atoms with Crippen molar-refractivity contribution in [2.45, 2.75) is 12.5 Å². The van der Waals surface area contributed by atoms with Crippen molar-refractivity contribution in [3.05, 3.63) is 46.5 Å². The van der Waals surface area contributed by atoms with Gasteiger partial charge in [0.25, 0.3) is 5.91 Å². The number of carbonyl (C=O) groups is 1. The van der Waals surface area contributed by atoms with Gasteiger partial charge in [0.1, 0.15) is 11.3 Å². The van der Waals surface area contributed by atoms with E-state index in [1.54, 1.807) is 49.4 Å². The van der Waals surface area contributed by atoms with Crippen molar-refractivity contribution in [3.63, 3.8) is 0 Å². The van der Waals surface area contributed by atoms with Crippen molar-refractivity contribution >= 4 is 21.8 Å². The molecule has 0 aliphatic rings. The van der Waals surface area contributed by atoms with Gasteiger partial charge in [-0.15, -0.1) is 0 Å². The van der Waals surface area contributed by atoms with E-state index in [-0.39, 0.29) is 12.5 Å². The minimum Gasteiger partial charge on any atom is -0.383 e. The van der Waals surface area contributed by atoms with Crippen molar-refractivity contribution in [1.29, 1.82) is 0 Å². The topological polar surface area (TPSA) is 80.0 Å². The highest BCUT2D eigenvalue weighted by molar-refractivity contribution is 9.10. The lowest BCUT2D eigenvalue weighted by Crippen LogP contribution is -2.38. The maximum Gasteiger partial charge on any atom is 0.269 e. The van der Waals surface area contributed by atoms with Crippen molar-refractivity contribution in [2.24, 2.45) is 7.05 Å². The third-order valence-electron chi connectivity index (χ3n) is 2.88. The second-order valence-electron chi connectivity index (χ2n) is 4.72. The summed E-state index contributed by atoms with van der Waals surface area (Å²) in [6, 6.07) is 3.35. The standard InChI is InChI=1S/C13H15BrN4O2/c1-13(20,9-5-17-18(2)7-9)8-16-12(19)11-4-3-10(14)6-15-11/h3-7,20H,8H2,1-2H3,(H,16,19). The van der Waals surface area contributed by atoms with Gasteiger partial charge in [-0.05, 0) is 35.0 Å². The maximum atomic E-state index is 11.9. The van der Waals surface area contributed by atoms with E-state index in [0.717, 1.165) is 4.47 Å². The van der Waals surface area contributed by atoms with E-state index in [2.05, 4.69) is 31.3 Å². The molecule has 0 aromatic carbocycles. The minimum absolute atomic E-state index is 0.0786. The summed E-state index contributed by atoms with van der Waals surface area (Å²) >= 11 is 3.25. The molecule has 0 bridgehead atoms. The molecule has 0 radical (unpaired) electrons. The number of aromatic nitrogens is 3. The van der Waals surface area contributed by atoms with Gasteiger partial charge in [-0.1, -0.05) is 0 Å². The van der Waals surface area contributed by atoms with E-state index in [0.29, 0.717) is 11.3 Å². The highest BCUT2D eigenvalue weighted by Crippen LogP contribution is 2.18. The Morgan fingerprint density at radius 3 is 2.80 bits per heavy atom. The van der Waals surface area contributed by atoms with Crippen LogP contribution in [0.4, 0.5) is 0 Å². The number of hydrogen-bond donors (Lipinski definition) is 2. The van der Waals surface area contributed by atoms with E-state index < -0.39 is 5.60 Å². The molecule has 0 saturated heterocycles. The molecule has 2 aromatic heterocycles. The number of aliphatic hydroxyl groups is 1. The molecule has 0 saturated carbocycles. The summed E-state index contributed by atoms with van der Waals surface area (Å²) in [5.74, 6) is -0.332. The van der Waals surface area contributed by atoms with Crippen LogP contribution in [0.15, 0.2) is 35.2 Å². The first-order chi connectivity index (χ1) is 9.38. The van der Waals surface area contributed by atoms with Crippen molar-refractivity contribution in [1.82, 2.24) is 20.1 Å². The van der Waals surface area contributed by atoms with Crippen LogP contribution in [0.3, 0.4) is 0 Å². The Hall–Kier alpha value is -1.73. The molecule has 7 heteroatoms. The number of amides is 1. The van der Waals surface area contributed by atoms with E-state index >= 15 is 0 Å². The van der Waals surface area contributed by atoms with Crippen LogP contribution in [0, 0.1) is 0 Å². The fraction of sp³-hybridized carbons (Fsp3) is 0.308. The van der Waals surface area contributed by atoms with E-state index in [1.807, 2.05) is 0 Å². The Labute approximate surface area is 125 Å². The predicted octanol–water partition coefficient (Wildman–Crippen LogP) is 1.22. The largest absolute Gasteiger partial charge is 0.383 e. The van der Waals surface area contributed by atoms with Gasteiger partial charge in [-0.25, -0.2) is 4.98 Å². The predicted molar refractivity (Wildman–Crippen MR) is 77.0 cm³/mol. The van der Waals surface area contributed by atoms with Crippen LogP contribution in [-0.4, -0.2) is 32.3 Å². The molecular formula is C13H15BrN4O2. The molecule has 1 unspecified atom stereocenters. The Kier molecular flexibility index (Phi) is 4.20. The summed E-state index contributed by atoms with van der Waals surface area (Å²) in [6.45, 7) is 1.70. The molecule has 106 valence electrons. The summed E-state index contributed by atoms with van der Waals surface area (Å²) in [5.41, 5.74) is -0.238. The number of rotatable bonds is 4. The fourth-order valence-corrected chi connectivity index (χ4v) is 1.89. The van der Waals surface area contributed by atoms with Crippen LogP contribution in [0.1, 0.15) is 23.0 Å². The zero-order chi connectivity index (χ0) is 14.8. The lowest BCUT2D eigenvalue weighted by molar-refractivity contribution is 0.0524. The van der Waals surface area contributed by atoms with E-state index in [9.17, 15) is 9.90 Å². The Bertz CT molecular complexity index is 607. The van der Waals surface area contributed by atoms with Crippen LogP contribution in [0.5, 0.6) is 0 Å². The average Bonchev–Trinajstić information content (AvgIpc) is 2.84. The quantitative estimate of drug-likeness (QED) is 0.878. The van der Waals surface area contributed by atoms with Crippen molar-refractivity contribution < 1.29 is 9.90 Å². The van der Waals surface area contributed by atoms with Crippen LogP contribution in [0.2, 0.25) is 0 Å². The first-order valence-electron chi connectivity index (χ1n) is 6.00. The Balaban J connectivity index is 2.00. The van der Waals surface area contributed by atoms with Crippen LogP contribution in [-0.2, 0) is 12.6 Å². The fourth-order valence-electron chi connectivity index (χ4n) is 1.65. The molecule has 0 aliphatic heterocycles. The normalized spacial score (nSPS) is 13.8. The molecule has 2 rings (SSSR count). The zero-order valence-electron chi connectivity index (χ0n) is 11.2. The summed E-state index contributed by atoms with van der Waals surface area (Å²) in [4.78, 5) is 15.9. The summed E-state index contributed by atoms with van der Waals surface area (Å²) < 4.78 is 2.40. The molecule has 2 N–H and O–H groups in total. The first-order valence-corrected chi connectivity index (χ1v) is 6.79. The highest BCUT2D eigenvalue weighted by Gasteiger charge is 2.25.